The van der Waals surface area contributed by atoms with E-state index in [1.807, 2.05) is 57.2 Å². The topological polar surface area (TPSA) is 64.6 Å². The number of rotatable bonds is 7. The third-order valence-electron chi connectivity index (χ3n) is 4.06. The second kappa shape index (κ2) is 9.04. The van der Waals surface area contributed by atoms with Gasteiger partial charge in [0.25, 0.3) is 5.91 Å². The smallest absolute Gasteiger partial charge is 0.329 e. The molecule has 0 aromatic heterocycles. The summed E-state index contributed by atoms with van der Waals surface area (Å²) < 4.78 is 10.5. The Hall–Kier alpha value is -2.82. The van der Waals surface area contributed by atoms with Gasteiger partial charge in [0.05, 0.1) is 7.11 Å². The molecule has 0 unspecified atom stereocenters. The zero-order valence-electron chi connectivity index (χ0n) is 15.6. The molecule has 5 nitrogen and oxygen atoms in total. The number of ether oxygens (including phenoxy) is 2. The molecule has 1 N–H and O–H groups in total. The molecule has 0 saturated carbocycles. The number of carbonyl (C=O) groups excluding carboxylic acids is 2. The van der Waals surface area contributed by atoms with Crippen molar-refractivity contribution >= 4 is 11.9 Å². The molecule has 0 saturated heterocycles. The third-order valence-corrected chi connectivity index (χ3v) is 4.06. The third kappa shape index (κ3) is 5.34. The molecule has 138 valence electrons. The zero-order valence-corrected chi connectivity index (χ0v) is 15.6. The van der Waals surface area contributed by atoms with E-state index in [1.165, 1.54) is 0 Å². The normalized spacial score (nSPS) is 11.7. The van der Waals surface area contributed by atoms with Crippen molar-refractivity contribution in [1.82, 2.24) is 5.32 Å². The van der Waals surface area contributed by atoms with Crippen LogP contribution in [0.2, 0.25) is 0 Å². The number of hydrogen-bond donors (Lipinski definition) is 1. The van der Waals surface area contributed by atoms with Gasteiger partial charge in [-0.25, -0.2) is 4.79 Å². The summed E-state index contributed by atoms with van der Waals surface area (Å²) in [5, 5.41) is 2.77. The van der Waals surface area contributed by atoms with E-state index in [0.717, 1.165) is 16.9 Å². The second-order valence-electron chi connectivity index (χ2n) is 6.52. The Morgan fingerprint density at radius 2 is 1.62 bits per heavy atom. The van der Waals surface area contributed by atoms with Gasteiger partial charge in [-0.2, -0.15) is 0 Å². The Kier molecular flexibility index (Phi) is 6.78. The van der Waals surface area contributed by atoms with Crippen molar-refractivity contribution in [2.45, 2.75) is 33.4 Å². The van der Waals surface area contributed by atoms with Crippen LogP contribution in [0.3, 0.4) is 0 Å². The van der Waals surface area contributed by atoms with Crippen LogP contribution in [-0.2, 0) is 16.1 Å². The highest BCUT2D eigenvalue weighted by Gasteiger charge is 2.26. The van der Waals surface area contributed by atoms with Crippen LogP contribution in [0.25, 0.3) is 0 Å². The fourth-order valence-corrected chi connectivity index (χ4v) is 2.39. The Morgan fingerprint density at radius 3 is 2.15 bits per heavy atom. The van der Waals surface area contributed by atoms with Crippen molar-refractivity contribution in [3.8, 4) is 5.75 Å². The number of nitrogens with one attached hydrogen (secondary N) is 1. The summed E-state index contributed by atoms with van der Waals surface area (Å²) in [6, 6.07) is 13.8. The lowest BCUT2D eigenvalue weighted by Gasteiger charge is -2.21. The number of benzene rings is 2. The van der Waals surface area contributed by atoms with E-state index in [9.17, 15) is 9.59 Å². The van der Waals surface area contributed by atoms with Gasteiger partial charge in [0.2, 0.25) is 0 Å². The molecule has 0 bridgehead atoms. The molecular formula is C21H25NO4. The first-order valence-corrected chi connectivity index (χ1v) is 8.58. The van der Waals surface area contributed by atoms with E-state index in [-0.39, 0.29) is 18.4 Å². The largest absolute Gasteiger partial charge is 0.497 e. The molecule has 0 spiro atoms. The summed E-state index contributed by atoms with van der Waals surface area (Å²) in [7, 11) is 1.60. The average molecular weight is 355 g/mol. The monoisotopic (exact) mass is 355 g/mol. The molecular weight excluding hydrogens is 330 g/mol. The quantitative estimate of drug-likeness (QED) is 0.772. The lowest BCUT2D eigenvalue weighted by molar-refractivity contribution is -0.148. The first kappa shape index (κ1) is 19.5. The lowest BCUT2D eigenvalue weighted by Crippen LogP contribution is -2.45. The number of carbonyl (C=O) groups is 2. The highest BCUT2D eigenvalue weighted by molar-refractivity contribution is 5.96. The summed E-state index contributed by atoms with van der Waals surface area (Å²) in [4.78, 5) is 24.8. The van der Waals surface area contributed by atoms with Crippen LogP contribution >= 0.6 is 0 Å². The first-order valence-electron chi connectivity index (χ1n) is 8.58. The van der Waals surface area contributed by atoms with Gasteiger partial charge in [-0.05, 0) is 42.7 Å². The van der Waals surface area contributed by atoms with Crippen molar-refractivity contribution < 1.29 is 19.1 Å². The van der Waals surface area contributed by atoms with Crippen LogP contribution < -0.4 is 10.1 Å². The SMILES string of the molecule is COc1ccc(COC(=O)[C@@H](NC(=O)c2ccc(C)cc2)C(C)C)cc1. The maximum absolute atomic E-state index is 12.4. The van der Waals surface area contributed by atoms with Crippen LogP contribution in [0.4, 0.5) is 0 Å². The minimum Gasteiger partial charge on any atom is -0.497 e. The maximum atomic E-state index is 12.4. The van der Waals surface area contributed by atoms with E-state index in [1.54, 1.807) is 19.2 Å². The Balaban J connectivity index is 1.97. The van der Waals surface area contributed by atoms with Gasteiger partial charge in [-0.15, -0.1) is 0 Å². The Morgan fingerprint density at radius 1 is 1.00 bits per heavy atom. The highest BCUT2D eigenvalue weighted by atomic mass is 16.5. The van der Waals surface area contributed by atoms with E-state index in [4.69, 9.17) is 9.47 Å². The second-order valence-corrected chi connectivity index (χ2v) is 6.52. The molecule has 0 aliphatic heterocycles. The van der Waals surface area contributed by atoms with Gasteiger partial charge in [0.15, 0.2) is 0 Å². The van der Waals surface area contributed by atoms with Crippen LogP contribution in [0.1, 0.15) is 35.3 Å². The van der Waals surface area contributed by atoms with Crippen LogP contribution in [0, 0.1) is 12.8 Å². The summed E-state index contributed by atoms with van der Waals surface area (Å²) in [6.07, 6.45) is 0. The standard InChI is InChI=1S/C21H25NO4/c1-14(2)19(22-20(23)17-9-5-15(3)6-10-17)21(24)26-13-16-7-11-18(25-4)12-8-16/h5-12,14,19H,13H2,1-4H3,(H,22,23)/t19-/m0/s1. The lowest BCUT2D eigenvalue weighted by atomic mass is 10.0. The van der Waals surface area contributed by atoms with E-state index in [0.29, 0.717) is 5.56 Å². The summed E-state index contributed by atoms with van der Waals surface area (Å²) in [5.41, 5.74) is 2.44. The molecule has 0 heterocycles. The summed E-state index contributed by atoms with van der Waals surface area (Å²) in [6.45, 7) is 5.84. The highest BCUT2D eigenvalue weighted by Crippen LogP contribution is 2.13. The number of esters is 1. The van der Waals surface area contributed by atoms with Crippen molar-refractivity contribution in [2.75, 3.05) is 7.11 Å². The van der Waals surface area contributed by atoms with Crippen molar-refractivity contribution in [3.05, 3.63) is 65.2 Å². The number of aryl methyl sites for hydroxylation is 1. The van der Waals surface area contributed by atoms with Gasteiger partial charge >= 0.3 is 5.97 Å². The minimum absolute atomic E-state index is 0.0900. The van der Waals surface area contributed by atoms with Gasteiger partial charge in [-0.3, -0.25) is 4.79 Å². The van der Waals surface area contributed by atoms with Crippen molar-refractivity contribution in [3.63, 3.8) is 0 Å². The molecule has 26 heavy (non-hydrogen) atoms. The van der Waals surface area contributed by atoms with E-state index < -0.39 is 12.0 Å². The molecule has 0 aliphatic carbocycles. The zero-order chi connectivity index (χ0) is 19.1. The fraction of sp³-hybridized carbons (Fsp3) is 0.333. The van der Waals surface area contributed by atoms with Crippen molar-refractivity contribution in [1.29, 1.82) is 0 Å². The number of amides is 1. The molecule has 5 heteroatoms. The first-order chi connectivity index (χ1) is 12.4. The van der Waals surface area contributed by atoms with Gasteiger partial charge < -0.3 is 14.8 Å². The van der Waals surface area contributed by atoms with Crippen molar-refractivity contribution in [2.24, 2.45) is 5.92 Å². The summed E-state index contributed by atoms with van der Waals surface area (Å²) >= 11 is 0. The predicted molar refractivity (Wildman–Crippen MR) is 100 cm³/mol. The molecule has 2 rings (SSSR count). The molecule has 1 amide bonds. The molecule has 1 atom stereocenters. The Labute approximate surface area is 154 Å². The molecule has 2 aromatic carbocycles. The fourth-order valence-electron chi connectivity index (χ4n) is 2.39. The van der Waals surface area contributed by atoms with Crippen LogP contribution in [-0.4, -0.2) is 25.0 Å². The van der Waals surface area contributed by atoms with Crippen LogP contribution in [0.5, 0.6) is 5.75 Å². The number of methoxy groups -OCH3 is 1. The molecule has 0 aliphatic rings. The van der Waals surface area contributed by atoms with Gasteiger partial charge in [0.1, 0.15) is 18.4 Å². The number of hydrogen-bond acceptors (Lipinski definition) is 4. The molecule has 2 aromatic rings. The van der Waals surface area contributed by atoms with E-state index in [2.05, 4.69) is 5.32 Å². The van der Waals surface area contributed by atoms with Gasteiger partial charge in [0, 0.05) is 5.56 Å². The minimum atomic E-state index is -0.706. The summed E-state index contributed by atoms with van der Waals surface area (Å²) in [5.74, 6) is -0.0837. The molecule has 0 fully saturated rings. The Bertz CT molecular complexity index is 736. The average Bonchev–Trinajstić information content (AvgIpc) is 2.64. The van der Waals surface area contributed by atoms with Crippen LogP contribution in [0.15, 0.2) is 48.5 Å². The molecule has 0 radical (unpaired) electrons. The maximum Gasteiger partial charge on any atom is 0.329 e. The van der Waals surface area contributed by atoms with E-state index >= 15 is 0 Å². The van der Waals surface area contributed by atoms with Gasteiger partial charge in [-0.1, -0.05) is 43.7 Å². The predicted octanol–water partition coefficient (Wildman–Crippen LogP) is 3.50.